The van der Waals surface area contributed by atoms with Crippen LogP contribution in [0.15, 0.2) is 0 Å². The van der Waals surface area contributed by atoms with Gasteiger partial charge in [0.1, 0.15) is 5.60 Å². The summed E-state index contributed by atoms with van der Waals surface area (Å²) >= 11 is 0. The molecule has 0 aromatic carbocycles. The third kappa shape index (κ3) is 4.66. The number of rotatable bonds is 4. The molecule has 1 atom stereocenters. The lowest BCUT2D eigenvalue weighted by Crippen LogP contribution is -2.60. The number of piperidine rings is 4. The predicted octanol–water partition coefficient (Wildman–Crippen LogP) is 2.09. The molecule has 1 amide bonds. The van der Waals surface area contributed by atoms with Gasteiger partial charge in [-0.05, 0) is 65.5 Å². The number of likely N-dealkylation sites (tertiary alicyclic amines) is 1. The van der Waals surface area contributed by atoms with E-state index < -0.39 is 5.60 Å². The summed E-state index contributed by atoms with van der Waals surface area (Å²) in [6.07, 6.45) is 4.16. The van der Waals surface area contributed by atoms with E-state index in [1.165, 1.54) is 32.5 Å². The van der Waals surface area contributed by atoms with Crippen molar-refractivity contribution in [2.75, 3.05) is 46.4 Å². The third-order valence-electron chi connectivity index (χ3n) is 6.10. The highest BCUT2D eigenvalue weighted by atomic mass is 16.6. The minimum atomic E-state index is -0.440. The highest BCUT2D eigenvalue weighted by molar-refractivity contribution is 5.68. The number of nitrogens with zero attached hydrogens (tertiary/aromatic N) is 2. The van der Waals surface area contributed by atoms with Gasteiger partial charge in [0, 0.05) is 39.3 Å². The van der Waals surface area contributed by atoms with Crippen LogP contribution in [0.1, 0.15) is 46.5 Å². The average molecular weight is 354 g/mol. The number of ether oxygens (including phenoxy) is 2. The Bertz CT molecular complexity index is 461. The van der Waals surface area contributed by atoms with Crippen molar-refractivity contribution in [2.24, 2.45) is 5.92 Å². The Labute approximate surface area is 152 Å². The first kappa shape index (κ1) is 18.9. The van der Waals surface area contributed by atoms with Crippen LogP contribution in [0, 0.1) is 5.92 Å². The second kappa shape index (κ2) is 7.41. The van der Waals surface area contributed by atoms with E-state index in [4.69, 9.17) is 9.47 Å². The molecular formula is C19H35N3O3. The fourth-order valence-corrected chi connectivity index (χ4v) is 4.39. The quantitative estimate of drug-likeness (QED) is 0.839. The molecule has 0 aliphatic carbocycles. The Balaban J connectivity index is 1.49. The number of fused-ring (bicyclic) bond motifs is 3. The topological polar surface area (TPSA) is 54.0 Å². The molecule has 6 heteroatoms. The number of methoxy groups -OCH3 is 1. The summed E-state index contributed by atoms with van der Waals surface area (Å²) in [4.78, 5) is 16.6. The first-order valence-electron chi connectivity index (χ1n) is 9.79. The lowest BCUT2D eigenvalue weighted by atomic mass is 9.83. The molecule has 0 radical (unpaired) electrons. The van der Waals surface area contributed by atoms with E-state index in [0.717, 1.165) is 25.3 Å². The van der Waals surface area contributed by atoms with Crippen LogP contribution in [0.3, 0.4) is 0 Å². The smallest absolute Gasteiger partial charge is 0.410 e. The van der Waals surface area contributed by atoms with E-state index in [1.807, 2.05) is 25.7 Å². The van der Waals surface area contributed by atoms with Crippen LogP contribution in [0.4, 0.5) is 4.79 Å². The van der Waals surface area contributed by atoms with Crippen molar-refractivity contribution >= 4 is 6.09 Å². The zero-order valence-electron chi connectivity index (χ0n) is 16.3. The Kier molecular flexibility index (Phi) is 5.61. The summed E-state index contributed by atoms with van der Waals surface area (Å²) in [6, 6.07) is 0.596. The number of hydrogen-bond acceptors (Lipinski definition) is 5. The monoisotopic (exact) mass is 353 g/mol. The maximum absolute atomic E-state index is 12.2. The summed E-state index contributed by atoms with van der Waals surface area (Å²) in [7, 11) is 1.81. The van der Waals surface area contributed by atoms with Crippen LogP contribution in [-0.2, 0) is 9.47 Å². The van der Waals surface area contributed by atoms with Crippen LogP contribution in [-0.4, -0.2) is 79.5 Å². The Morgan fingerprint density at radius 3 is 2.28 bits per heavy atom. The van der Waals surface area contributed by atoms with Gasteiger partial charge in [0.2, 0.25) is 0 Å². The van der Waals surface area contributed by atoms with Crippen LogP contribution in [0.2, 0.25) is 0 Å². The molecule has 4 rings (SSSR count). The first-order valence-corrected chi connectivity index (χ1v) is 9.79. The molecule has 2 bridgehead atoms. The third-order valence-corrected chi connectivity index (χ3v) is 6.10. The summed E-state index contributed by atoms with van der Waals surface area (Å²) in [6.45, 7) is 11.7. The van der Waals surface area contributed by atoms with Crippen molar-refractivity contribution in [1.82, 2.24) is 15.1 Å². The molecule has 4 saturated heterocycles. The molecular weight excluding hydrogens is 318 g/mol. The molecule has 1 N–H and O–H groups in total. The molecule has 1 unspecified atom stereocenters. The van der Waals surface area contributed by atoms with Crippen LogP contribution in [0.25, 0.3) is 0 Å². The van der Waals surface area contributed by atoms with Gasteiger partial charge in [0.15, 0.2) is 0 Å². The van der Waals surface area contributed by atoms with Crippen LogP contribution in [0.5, 0.6) is 0 Å². The molecule has 4 fully saturated rings. The molecule has 144 valence electrons. The lowest BCUT2D eigenvalue weighted by molar-refractivity contribution is -0.0635. The van der Waals surface area contributed by atoms with Gasteiger partial charge in [-0.25, -0.2) is 4.79 Å². The molecule has 25 heavy (non-hydrogen) atoms. The number of hydrogen-bond donors (Lipinski definition) is 1. The van der Waals surface area contributed by atoms with Gasteiger partial charge in [-0.3, -0.25) is 0 Å². The van der Waals surface area contributed by atoms with E-state index in [2.05, 4.69) is 10.2 Å². The zero-order chi connectivity index (χ0) is 18.1. The molecule has 4 heterocycles. The molecule has 4 aliphatic rings. The van der Waals surface area contributed by atoms with Gasteiger partial charge in [-0.2, -0.15) is 0 Å². The van der Waals surface area contributed by atoms with Gasteiger partial charge in [-0.15, -0.1) is 0 Å². The standard InChI is InChI=1S/C19H35N3O3/c1-18(2,3)25-17(23)22-11-7-19(24-4,8-12-22)14-20-16-13-21-9-5-15(16)6-10-21/h15-16,20H,5-14H2,1-4H3. The second-order valence-corrected chi connectivity index (χ2v) is 8.98. The SMILES string of the molecule is COC1(CNC2CN3CCC2CC3)CCN(C(=O)OC(C)(C)C)CC1. The van der Waals surface area contributed by atoms with Crippen molar-refractivity contribution in [1.29, 1.82) is 0 Å². The minimum Gasteiger partial charge on any atom is -0.444 e. The second-order valence-electron chi connectivity index (χ2n) is 8.98. The predicted molar refractivity (Wildman–Crippen MR) is 97.7 cm³/mol. The molecule has 0 saturated carbocycles. The Hall–Kier alpha value is -0.850. The van der Waals surface area contributed by atoms with E-state index in [-0.39, 0.29) is 11.7 Å². The average Bonchev–Trinajstić information content (AvgIpc) is 2.60. The minimum absolute atomic E-state index is 0.162. The molecule has 4 aliphatic heterocycles. The molecule has 6 nitrogen and oxygen atoms in total. The molecule has 0 spiro atoms. The van der Waals surface area contributed by atoms with Crippen LogP contribution < -0.4 is 5.32 Å². The highest BCUT2D eigenvalue weighted by Gasteiger charge is 2.40. The Morgan fingerprint density at radius 2 is 1.80 bits per heavy atom. The fourth-order valence-electron chi connectivity index (χ4n) is 4.39. The van der Waals surface area contributed by atoms with Gasteiger partial charge < -0.3 is 24.6 Å². The van der Waals surface area contributed by atoms with Gasteiger partial charge in [0.05, 0.1) is 5.60 Å². The zero-order valence-corrected chi connectivity index (χ0v) is 16.3. The summed E-state index contributed by atoms with van der Waals surface area (Å²) < 4.78 is 11.4. The number of carbonyl (C=O) groups excluding carboxylic acids is 1. The summed E-state index contributed by atoms with van der Waals surface area (Å²) in [5.74, 6) is 0.820. The van der Waals surface area contributed by atoms with Crippen molar-refractivity contribution in [3.8, 4) is 0 Å². The van der Waals surface area contributed by atoms with Crippen LogP contribution >= 0.6 is 0 Å². The molecule has 0 aromatic rings. The van der Waals surface area contributed by atoms with E-state index >= 15 is 0 Å². The van der Waals surface area contributed by atoms with Gasteiger partial charge in [0.25, 0.3) is 0 Å². The first-order chi connectivity index (χ1) is 11.8. The maximum atomic E-state index is 12.2. The van der Waals surface area contributed by atoms with Crippen molar-refractivity contribution in [3.63, 3.8) is 0 Å². The van der Waals surface area contributed by atoms with Crippen molar-refractivity contribution in [3.05, 3.63) is 0 Å². The molecule has 0 aromatic heterocycles. The van der Waals surface area contributed by atoms with Gasteiger partial charge >= 0.3 is 6.09 Å². The fraction of sp³-hybridized carbons (Fsp3) is 0.947. The summed E-state index contributed by atoms with van der Waals surface area (Å²) in [5.41, 5.74) is -0.603. The largest absolute Gasteiger partial charge is 0.444 e. The number of carbonyl (C=O) groups is 1. The van der Waals surface area contributed by atoms with Gasteiger partial charge in [-0.1, -0.05) is 0 Å². The van der Waals surface area contributed by atoms with E-state index in [9.17, 15) is 4.79 Å². The normalized spacial score (nSPS) is 31.8. The maximum Gasteiger partial charge on any atom is 0.410 e. The van der Waals surface area contributed by atoms with Crippen molar-refractivity contribution in [2.45, 2.75) is 63.7 Å². The number of nitrogens with one attached hydrogen (secondary N) is 1. The summed E-state index contributed by atoms with van der Waals surface area (Å²) in [5, 5.41) is 3.80. The highest BCUT2D eigenvalue weighted by Crippen LogP contribution is 2.30. The number of amides is 1. The Morgan fingerprint density at radius 1 is 1.16 bits per heavy atom. The van der Waals surface area contributed by atoms with E-state index in [0.29, 0.717) is 19.1 Å². The lowest BCUT2D eigenvalue weighted by Gasteiger charge is -2.47. The van der Waals surface area contributed by atoms with E-state index in [1.54, 1.807) is 7.11 Å². The van der Waals surface area contributed by atoms with Crippen molar-refractivity contribution < 1.29 is 14.3 Å².